The summed E-state index contributed by atoms with van der Waals surface area (Å²) in [5.41, 5.74) is 4.13. The van der Waals surface area contributed by atoms with E-state index in [0.717, 1.165) is 47.1 Å². The second-order valence-corrected chi connectivity index (χ2v) is 7.65. The number of ether oxygens (including phenoxy) is 1. The van der Waals surface area contributed by atoms with Crippen LogP contribution in [0.5, 0.6) is 11.6 Å². The molecule has 144 valence electrons. The van der Waals surface area contributed by atoms with Crippen molar-refractivity contribution in [3.05, 3.63) is 72.4 Å². The zero-order valence-corrected chi connectivity index (χ0v) is 16.4. The molecule has 1 aliphatic heterocycles. The first-order chi connectivity index (χ1) is 14.4. The van der Waals surface area contributed by atoms with Crippen LogP contribution in [0.15, 0.2) is 66.9 Å². The smallest absolute Gasteiger partial charge is 0.243 e. The van der Waals surface area contributed by atoms with Crippen molar-refractivity contribution in [2.45, 2.75) is 12.8 Å². The largest absolute Gasteiger partial charge is 0.437 e. The van der Waals surface area contributed by atoms with Gasteiger partial charge in [0.2, 0.25) is 11.0 Å². The van der Waals surface area contributed by atoms with Crippen molar-refractivity contribution < 1.29 is 4.74 Å². The molecule has 29 heavy (non-hydrogen) atoms. The normalized spacial score (nSPS) is 12.7. The molecule has 0 atom stereocenters. The first-order valence-electron chi connectivity index (χ1n) is 9.51. The fraction of sp³-hybridized carbons (Fsp3) is 0.136. The van der Waals surface area contributed by atoms with Crippen LogP contribution in [-0.4, -0.2) is 21.7 Å². The summed E-state index contributed by atoms with van der Waals surface area (Å²) in [4.78, 5) is 4.44. The summed E-state index contributed by atoms with van der Waals surface area (Å²) in [7, 11) is 0. The van der Waals surface area contributed by atoms with Gasteiger partial charge in [-0.3, -0.25) is 0 Å². The summed E-state index contributed by atoms with van der Waals surface area (Å²) in [5, 5.41) is 16.9. The molecule has 2 aromatic carbocycles. The minimum Gasteiger partial charge on any atom is -0.437 e. The first kappa shape index (κ1) is 17.6. The zero-order chi connectivity index (χ0) is 19.5. The number of nitrogens with zero attached hydrogens (tertiary/aromatic N) is 3. The monoisotopic (exact) mass is 401 g/mol. The summed E-state index contributed by atoms with van der Waals surface area (Å²) in [6, 6.07) is 19.9. The van der Waals surface area contributed by atoms with Gasteiger partial charge in [0.05, 0.1) is 0 Å². The molecule has 0 aliphatic carbocycles. The van der Waals surface area contributed by atoms with E-state index in [2.05, 4.69) is 31.9 Å². The molecular weight excluding hydrogens is 382 g/mol. The summed E-state index contributed by atoms with van der Waals surface area (Å²) < 4.78 is 6.21. The van der Waals surface area contributed by atoms with E-state index < -0.39 is 0 Å². The maximum Gasteiger partial charge on any atom is 0.243 e. The van der Waals surface area contributed by atoms with E-state index in [-0.39, 0.29) is 0 Å². The molecule has 0 saturated heterocycles. The van der Waals surface area contributed by atoms with Crippen molar-refractivity contribution in [3.8, 4) is 22.2 Å². The Labute approximate surface area is 172 Å². The van der Waals surface area contributed by atoms with Gasteiger partial charge in [-0.25, -0.2) is 4.98 Å². The van der Waals surface area contributed by atoms with Crippen LogP contribution in [0.4, 0.5) is 16.5 Å². The number of hydrogen-bond donors (Lipinski definition) is 2. The third-order valence-electron chi connectivity index (χ3n) is 4.72. The minimum absolute atomic E-state index is 0.517. The number of pyridine rings is 1. The first-order valence-corrected chi connectivity index (χ1v) is 10.3. The average Bonchev–Trinajstić information content (AvgIpc) is 3.25. The molecule has 0 unspecified atom stereocenters. The summed E-state index contributed by atoms with van der Waals surface area (Å²) in [6.45, 7) is 0.994. The van der Waals surface area contributed by atoms with Crippen LogP contribution in [-0.2, 0) is 6.42 Å². The lowest BCUT2D eigenvalue weighted by Gasteiger charge is -2.21. The minimum atomic E-state index is 0.517. The molecule has 2 aromatic heterocycles. The SMILES string of the molecule is c1ccc(-c2nnc(Nc3cccnc3Oc3cccc4c3CCCN4)s2)cc1. The highest BCUT2D eigenvalue weighted by Gasteiger charge is 2.16. The third-order valence-corrected chi connectivity index (χ3v) is 5.60. The molecule has 3 heterocycles. The molecule has 6 nitrogen and oxygen atoms in total. The van der Waals surface area contributed by atoms with Gasteiger partial charge in [-0.15, -0.1) is 10.2 Å². The van der Waals surface area contributed by atoms with Crippen LogP contribution in [0, 0.1) is 0 Å². The van der Waals surface area contributed by atoms with Crippen molar-refractivity contribution in [1.82, 2.24) is 15.2 Å². The second-order valence-electron chi connectivity index (χ2n) is 6.67. The Kier molecular flexibility index (Phi) is 4.80. The number of aromatic nitrogens is 3. The standard InChI is InChI=1S/C22H19N5OS/c1-2-7-15(8-3-1)21-26-27-22(29-21)25-18-11-6-14-24-20(18)28-19-12-4-10-17-16(19)9-5-13-23-17/h1-4,6-8,10-12,14,23H,5,9,13H2,(H,25,27). The van der Waals surface area contributed by atoms with Crippen molar-refractivity contribution >= 4 is 27.8 Å². The van der Waals surface area contributed by atoms with E-state index in [4.69, 9.17) is 4.74 Å². The maximum atomic E-state index is 6.21. The predicted molar refractivity (Wildman–Crippen MR) is 116 cm³/mol. The number of fused-ring (bicyclic) bond motifs is 1. The van der Waals surface area contributed by atoms with Gasteiger partial charge < -0.3 is 15.4 Å². The zero-order valence-electron chi connectivity index (χ0n) is 15.6. The fourth-order valence-electron chi connectivity index (χ4n) is 3.33. The van der Waals surface area contributed by atoms with E-state index in [0.29, 0.717) is 11.0 Å². The van der Waals surface area contributed by atoms with Crippen LogP contribution in [0.25, 0.3) is 10.6 Å². The second kappa shape index (κ2) is 7.89. The summed E-state index contributed by atoms with van der Waals surface area (Å²) in [6.07, 6.45) is 3.81. The fourth-order valence-corrected chi connectivity index (χ4v) is 4.09. The molecule has 0 saturated carbocycles. The molecule has 4 aromatic rings. The van der Waals surface area contributed by atoms with Crippen LogP contribution in [0.1, 0.15) is 12.0 Å². The van der Waals surface area contributed by atoms with Crippen LogP contribution < -0.4 is 15.4 Å². The number of anilines is 3. The van der Waals surface area contributed by atoms with Crippen LogP contribution in [0.3, 0.4) is 0 Å². The van der Waals surface area contributed by atoms with Gasteiger partial charge in [-0.05, 0) is 37.1 Å². The molecule has 0 bridgehead atoms. The predicted octanol–water partition coefficient (Wildman–Crippen LogP) is 5.49. The lowest BCUT2D eigenvalue weighted by molar-refractivity contribution is 0.458. The Morgan fingerprint density at radius 1 is 0.966 bits per heavy atom. The van der Waals surface area contributed by atoms with E-state index in [9.17, 15) is 0 Å². The number of benzene rings is 2. The number of nitrogens with one attached hydrogen (secondary N) is 2. The van der Waals surface area contributed by atoms with Crippen molar-refractivity contribution in [3.63, 3.8) is 0 Å². The quantitative estimate of drug-likeness (QED) is 0.460. The highest BCUT2D eigenvalue weighted by molar-refractivity contribution is 7.18. The van der Waals surface area contributed by atoms with Gasteiger partial charge in [0.25, 0.3) is 0 Å². The number of rotatable bonds is 5. The Bertz CT molecular complexity index is 1130. The van der Waals surface area contributed by atoms with E-state index in [1.54, 1.807) is 6.20 Å². The molecule has 0 amide bonds. The van der Waals surface area contributed by atoms with Gasteiger partial charge >= 0.3 is 0 Å². The highest BCUT2D eigenvalue weighted by Crippen LogP contribution is 2.37. The van der Waals surface area contributed by atoms with Gasteiger partial charge in [0.1, 0.15) is 16.4 Å². The topological polar surface area (TPSA) is 72.0 Å². The van der Waals surface area contributed by atoms with Gasteiger partial charge in [0, 0.05) is 29.6 Å². The number of hydrogen-bond acceptors (Lipinski definition) is 7. The molecule has 1 aliphatic rings. The molecule has 5 rings (SSSR count). The average molecular weight is 401 g/mol. The third kappa shape index (κ3) is 3.77. The highest BCUT2D eigenvalue weighted by atomic mass is 32.1. The molecule has 7 heteroatoms. The Hall–Kier alpha value is -3.45. The van der Waals surface area contributed by atoms with Crippen molar-refractivity contribution in [1.29, 1.82) is 0 Å². The Morgan fingerprint density at radius 3 is 2.83 bits per heavy atom. The van der Waals surface area contributed by atoms with Gasteiger partial charge in [-0.1, -0.05) is 47.7 Å². The van der Waals surface area contributed by atoms with Crippen molar-refractivity contribution in [2.75, 3.05) is 17.2 Å². The van der Waals surface area contributed by atoms with Gasteiger partial charge in [0.15, 0.2) is 0 Å². The molecular formula is C22H19N5OS. The van der Waals surface area contributed by atoms with E-state index in [1.165, 1.54) is 16.9 Å². The lowest BCUT2D eigenvalue weighted by atomic mass is 10.0. The van der Waals surface area contributed by atoms with E-state index in [1.807, 2.05) is 54.6 Å². The Balaban J connectivity index is 1.40. The maximum absolute atomic E-state index is 6.21. The molecule has 2 N–H and O–H groups in total. The molecule has 0 fully saturated rings. The lowest BCUT2D eigenvalue weighted by Crippen LogP contribution is -2.12. The Morgan fingerprint density at radius 2 is 1.90 bits per heavy atom. The van der Waals surface area contributed by atoms with Crippen LogP contribution in [0.2, 0.25) is 0 Å². The van der Waals surface area contributed by atoms with E-state index >= 15 is 0 Å². The summed E-state index contributed by atoms with van der Waals surface area (Å²) >= 11 is 1.49. The van der Waals surface area contributed by atoms with Crippen LogP contribution >= 0.6 is 11.3 Å². The van der Waals surface area contributed by atoms with Crippen molar-refractivity contribution in [2.24, 2.45) is 0 Å². The molecule has 0 radical (unpaired) electrons. The molecule has 0 spiro atoms. The van der Waals surface area contributed by atoms with Gasteiger partial charge in [-0.2, -0.15) is 0 Å². The summed E-state index contributed by atoms with van der Waals surface area (Å²) in [5.74, 6) is 1.35.